The van der Waals surface area contributed by atoms with Crippen LogP contribution < -0.4 is 5.32 Å². The van der Waals surface area contributed by atoms with E-state index in [4.69, 9.17) is 0 Å². The maximum absolute atomic E-state index is 12.6. The molecule has 23 heavy (non-hydrogen) atoms. The SMILES string of the molecule is Cc1cc(C(=O)Nc2ccc(C3CC3)cn2)c2cnccc2c1. The molecule has 0 unspecified atom stereocenters. The first-order chi connectivity index (χ1) is 11.2. The van der Waals surface area contributed by atoms with Gasteiger partial charge >= 0.3 is 0 Å². The molecule has 2 heterocycles. The number of nitrogens with zero attached hydrogens (tertiary/aromatic N) is 2. The average Bonchev–Trinajstić information content (AvgIpc) is 3.39. The quantitative estimate of drug-likeness (QED) is 0.793. The third kappa shape index (κ3) is 2.80. The van der Waals surface area contributed by atoms with Crippen LogP contribution >= 0.6 is 0 Å². The first kappa shape index (κ1) is 13.9. The maximum Gasteiger partial charge on any atom is 0.257 e. The van der Waals surface area contributed by atoms with Gasteiger partial charge in [-0.2, -0.15) is 0 Å². The number of rotatable bonds is 3. The van der Waals surface area contributed by atoms with Crippen LogP contribution in [0, 0.1) is 6.92 Å². The van der Waals surface area contributed by atoms with Crippen molar-refractivity contribution in [3.05, 3.63) is 65.6 Å². The van der Waals surface area contributed by atoms with Crippen LogP contribution in [-0.4, -0.2) is 15.9 Å². The summed E-state index contributed by atoms with van der Waals surface area (Å²) in [7, 11) is 0. The highest BCUT2D eigenvalue weighted by Crippen LogP contribution is 2.39. The minimum atomic E-state index is -0.154. The topological polar surface area (TPSA) is 54.9 Å². The molecule has 4 rings (SSSR count). The van der Waals surface area contributed by atoms with Crippen LogP contribution in [0.25, 0.3) is 10.8 Å². The van der Waals surface area contributed by atoms with E-state index in [1.807, 2.05) is 31.3 Å². The van der Waals surface area contributed by atoms with Gasteiger partial charge in [-0.05, 0) is 60.4 Å². The zero-order valence-corrected chi connectivity index (χ0v) is 12.9. The van der Waals surface area contributed by atoms with Gasteiger partial charge in [0, 0.05) is 29.5 Å². The number of hydrogen-bond donors (Lipinski definition) is 1. The van der Waals surface area contributed by atoms with Crippen LogP contribution in [0.5, 0.6) is 0 Å². The number of amides is 1. The molecule has 1 fully saturated rings. The molecule has 1 aliphatic rings. The van der Waals surface area contributed by atoms with Gasteiger partial charge in [-0.25, -0.2) is 4.98 Å². The smallest absolute Gasteiger partial charge is 0.257 e. The molecule has 1 N–H and O–H groups in total. The van der Waals surface area contributed by atoms with E-state index in [1.54, 1.807) is 12.4 Å². The van der Waals surface area contributed by atoms with Crippen LogP contribution in [0.2, 0.25) is 0 Å². The zero-order chi connectivity index (χ0) is 15.8. The Bertz CT molecular complexity index is 883. The standard InChI is InChI=1S/C19H17N3O/c1-12-8-14-6-7-20-11-17(14)16(9-12)19(23)22-18-5-4-15(10-21-18)13-2-3-13/h4-11,13H,2-3H2,1H3,(H,21,22,23). The Labute approximate surface area is 134 Å². The maximum atomic E-state index is 12.6. The number of carbonyl (C=O) groups excluding carboxylic acids is 1. The molecule has 3 aromatic rings. The van der Waals surface area contributed by atoms with Gasteiger partial charge in [0.25, 0.3) is 5.91 Å². The second-order valence-corrected chi connectivity index (χ2v) is 6.11. The molecule has 1 saturated carbocycles. The van der Waals surface area contributed by atoms with Gasteiger partial charge in [0.1, 0.15) is 5.82 Å². The predicted octanol–water partition coefficient (Wildman–Crippen LogP) is 4.07. The fourth-order valence-corrected chi connectivity index (χ4v) is 2.86. The third-order valence-electron chi connectivity index (χ3n) is 4.22. The number of pyridine rings is 2. The number of carbonyl (C=O) groups is 1. The van der Waals surface area contributed by atoms with Crippen molar-refractivity contribution in [1.82, 2.24) is 9.97 Å². The second-order valence-electron chi connectivity index (χ2n) is 6.11. The monoisotopic (exact) mass is 303 g/mol. The lowest BCUT2D eigenvalue weighted by atomic mass is 10.0. The summed E-state index contributed by atoms with van der Waals surface area (Å²) in [5.41, 5.74) is 2.93. The zero-order valence-electron chi connectivity index (χ0n) is 12.9. The lowest BCUT2D eigenvalue weighted by molar-refractivity contribution is 0.102. The molecule has 4 heteroatoms. The average molecular weight is 303 g/mol. The minimum absolute atomic E-state index is 0.154. The number of anilines is 1. The fraction of sp³-hybridized carbons (Fsp3) is 0.211. The first-order valence-corrected chi connectivity index (χ1v) is 7.82. The Morgan fingerprint density at radius 3 is 2.78 bits per heavy atom. The number of aryl methyl sites for hydroxylation is 1. The number of aromatic nitrogens is 2. The van der Waals surface area contributed by atoms with Crippen molar-refractivity contribution in [3.63, 3.8) is 0 Å². The molecule has 4 nitrogen and oxygen atoms in total. The van der Waals surface area contributed by atoms with Gasteiger partial charge in [-0.3, -0.25) is 9.78 Å². The van der Waals surface area contributed by atoms with Gasteiger partial charge in [0.15, 0.2) is 0 Å². The Morgan fingerprint density at radius 2 is 2.04 bits per heavy atom. The van der Waals surface area contributed by atoms with Crippen LogP contribution in [0.1, 0.15) is 40.2 Å². The molecule has 0 atom stereocenters. The summed E-state index contributed by atoms with van der Waals surface area (Å²) >= 11 is 0. The van der Waals surface area contributed by atoms with E-state index in [0.717, 1.165) is 16.3 Å². The highest BCUT2D eigenvalue weighted by Gasteiger charge is 2.23. The lowest BCUT2D eigenvalue weighted by Gasteiger charge is -2.09. The Balaban J connectivity index is 1.63. The largest absolute Gasteiger partial charge is 0.307 e. The minimum Gasteiger partial charge on any atom is -0.307 e. The number of fused-ring (bicyclic) bond motifs is 1. The van der Waals surface area contributed by atoms with Crippen molar-refractivity contribution < 1.29 is 4.79 Å². The number of hydrogen-bond acceptors (Lipinski definition) is 3. The van der Waals surface area contributed by atoms with Crippen molar-refractivity contribution in [2.45, 2.75) is 25.7 Å². The van der Waals surface area contributed by atoms with E-state index in [1.165, 1.54) is 18.4 Å². The highest BCUT2D eigenvalue weighted by molar-refractivity contribution is 6.12. The van der Waals surface area contributed by atoms with E-state index >= 15 is 0 Å². The summed E-state index contributed by atoms with van der Waals surface area (Å²) in [6.45, 7) is 1.99. The summed E-state index contributed by atoms with van der Waals surface area (Å²) in [5, 5.41) is 4.75. The number of benzene rings is 1. The summed E-state index contributed by atoms with van der Waals surface area (Å²) in [6.07, 6.45) is 7.82. The Kier molecular flexibility index (Phi) is 3.30. The normalized spacial score (nSPS) is 14.0. The molecule has 0 aliphatic heterocycles. The molecule has 114 valence electrons. The molecule has 1 aliphatic carbocycles. The van der Waals surface area contributed by atoms with Crippen molar-refractivity contribution in [2.24, 2.45) is 0 Å². The van der Waals surface area contributed by atoms with Crippen LogP contribution in [0.4, 0.5) is 5.82 Å². The summed E-state index contributed by atoms with van der Waals surface area (Å²) in [4.78, 5) is 21.1. The molecule has 2 aromatic heterocycles. The second kappa shape index (κ2) is 5.47. The van der Waals surface area contributed by atoms with Crippen molar-refractivity contribution in [1.29, 1.82) is 0 Å². The van der Waals surface area contributed by atoms with Crippen LogP contribution in [0.3, 0.4) is 0 Å². The Morgan fingerprint density at radius 1 is 1.17 bits per heavy atom. The predicted molar refractivity (Wildman–Crippen MR) is 90.6 cm³/mol. The summed E-state index contributed by atoms with van der Waals surface area (Å²) in [5.74, 6) is 1.09. The Hall–Kier alpha value is -2.75. The van der Waals surface area contributed by atoms with E-state index in [9.17, 15) is 4.79 Å². The summed E-state index contributed by atoms with van der Waals surface area (Å²) in [6, 6.07) is 9.79. The van der Waals surface area contributed by atoms with Crippen molar-refractivity contribution in [3.8, 4) is 0 Å². The van der Waals surface area contributed by atoms with E-state index in [2.05, 4.69) is 27.4 Å². The van der Waals surface area contributed by atoms with Gasteiger partial charge < -0.3 is 5.32 Å². The van der Waals surface area contributed by atoms with Gasteiger partial charge in [0.2, 0.25) is 0 Å². The fourth-order valence-electron chi connectivity index (χ4n) is 2.86. The molecular weight excluding hydrogens is 286 g/mol. The lowest BCUT2D eigenvalue weighted by Crippen LogP contribution is -2.13. The van der Waals surface area contributed by atoms with E-state index in [0.29, 0.717) is 17.3 Å². The molecule has 1 aromatic carbocycles. The molecule has 0 bridgehead atoms. The molecule has 0 spiro atoms. The van der Waals surface area contributed by atoms with Crippen molar-refractivity contribution in [2.75, 3.05) is 5.32 Å². The van der Waals surface area contributed by atoms with Crippen LogP contribution in [0.15, 0.2) is 48.9 Å². The van der Waals surface area contributed by atoms with E-state index < -0.39 is 0 Å². The molecule has 1 amide bonds. The molecular formula is C19H17N3O. The third-order valence-corrected chi connectivity index (χ3v) is 4.22. The first-order valence-electron chi connectivity index (χ1n) is 7.82. The van der Waals surface area contributed by atoms with E-state index in [-0.39, 0.29) is 5.91 Å². The molecule has 0 radical (unpaired) electrons. The summed E-state index contributed by atoms with van der Waals surface area (Å²) < 4.78 is 0. The molecule has 0 saturated heterocycles. The van der Waals surface area contributed by atoms with Crippen LogP contribution in [-0.2, 0) is 0 Å². The van der Waals surface area contributed by atoms with Gasteiger partial charge in [-0.15, -0.1) is 0 Å². The van der Waals surface area contributed by atoms with Gasteiger partial charge in [0.05, 0.1) is 0 Å². The van der Waals surface area contributed by atoms with Gasteiger partial charge in [-0.1, -0.05) is 12.1 Å². The number of nitrogens with one attached hydrogen (secondary N) is 1. The van der Waals surface area contributed by atoms with Crippen molar-refractivity contribution >= 4 is 22.5 Å². The highest BCUT2D eigenvalue weighted by atomic mass is 16.1.